The average Bonchev–Trinajstić information content (AvgIpc) is 3.02. The van der Waals surface area contributed by atoms with Gasteiger partial charge in [0.15, 0.2) is 11.5 Å². The third-order valence-corrected chi connectivity index (χ3v) is 6.00. The highest BCUT2D eigenvalue weighted by atomic mass is 32.1. The van der Waals surface area contributed by atoms with E-state index >= 15 is 0 Å². The van der Waals surface area contributed by atoms with Gasteiger partial charge in [0.25, 0.3) is 5.91 Å². The van der Waals surface area contributed by atoms with Gasteiger partial charge < -0.3 is 20.5 Å². The Hall–Kier alpha value is -2.80. The van der Waals surface area contributed by atoms with Crippen LogP contribution in [0.3, 0.4) is 0 Å². The van der Waals surface area contributed by atoms with Crippen LogP contribution in [0, 0.1) is 5.92 Å². The van der Waals surface area contributed by atoms with E-state index in [1.807, 2.05) is 6.07 Å². The Balaban J connectivity index is 1.78. The van der Waals surface area contributed by atoms with Gasteiger partial charge in [-0.05, 0) is 54.5 Å². The number of carbonyl (C=O) groups excluding carboxylic acids is 2. The summed E-state index contributed by atoms with van der Waals surface area (Å²) < 4.78 is 10.5. The Morgan fingerprint density at radius 3 is 2.68 bits per heavy atom. The van der Waals surface area contributed by atoms with Gasteiger partial charge in [-0.15, -0.1) is 11.3 Å². The summed E-state index contributed by atoms with van der Waals surface area (Å²) in [6.45, 7) is 2.19. The van der Waals surface area contributed by atoms with Gasteiger partial charge in [-0.1, -0.05) is 13.0 Å². The zero-order chi connectivity index (χ0) is 20.3. The molecule has 0 aliphatic heterocycles. The van der Waals surface area contributed by atoms with Crippen molar-refractivity contribution in [3.8, 4) is 11.5 Å². The van der Waals surface area contributed by atoms with E-state index < -0.39 is 5.91 Å². The third kappa shape index (κ3) is 4.20. The fourth-order valence-electron chi connectivity index (χ4n) is 3.38. The van der Waals surface area contributed by atoms with Crippen molar-refractivity contribution in [1.29, 1.82) is 0 Å². The van der Waals surface area contributed by atoms with Crippen LogP contribution in [0.25, 0.3) is 6.08 Å². The second kappa shape index (κ2) is 8.48. The molecule has 148 valence electrons. The van der Waals surface area contributed by atoms with Crippen molar-refractivity contribution in [2.45, 2.75) is 26.2 Å². The van der Waals surface area contributed by atoms with Crippen LogP contribution in [0.5, 0.6) is 11.5 Å². The van der Waals surface area contributed by atoms with E-state index in [4.69, 9.17) is 15.2 Å². The van der Waals surface area contributed by atoms with E-state index in [9.17, 15) is 9.59 Å². The fourth-order valence-corrected chi connectivity index (χ4v) is 4.80. The minimum atomic E-state index is -0.494. The predicted octanol–water partition coefficient (Wildman–Crippen LogP) is 3.64. The summed E-state index contributed by atoms with van der Waals surface area (Å²) in [7, 11) is 3.13. The second-order valence-corrected chi connectivity index (χ2v) is 7.96. The number of hydrogen-bond donors (Lipinski definition) is 2. The Labute approximate surface area is 168 Å². The van der Waals surface area contributed by atoms with E-state index in [-0.39, 0.29) is 5.91 Å². The molecule has 0 fully saturated rings. The van der Waals surface area contributed by atoms with E-state index in [0.29, 0.717) is 28.0 Å². The van der Waals surface area contributed by atoms with Gasteiger partial charge in [0, 0.05) is 11.0 Å². The number of nitrogens with two attached hydrogens (primary N) is 1. The number of thiophene rings is 1. The number of hydrogen-bond acceptors (Lipinski definition) is 5. The maximum atomic E-state index is 12.4. The SMILES string of the molecule is COc1ccc(C=CC(=O)Nc2sc3c(c2C(N)=O)CCC(C)C3)cc1OC. The number of fused-ring (bicyclic) bond motifs is 1. The highest BCUT2D eigenvalue weighted by Crippen LogP contribution is 2.39. The fraction of sp³-hybridized carbons (Fsp3) is 0.333. The molecule has 1 unspecified atom stereocenters. The van der Waals surface area contributed by atoms with Crippen LogP contribution >= 0.6 is 11.3 Å². The van der Waals surface area contributed by atoms with Crippen molar-refractivity contribution in [2.24, 2.45) is 11.7 Å². The van der Waals surface area contributed by atoms with Crippen LogP contribution in [-0.4, -0.2) is 26.0 Å². The molecule has 1 aliphatic rings. The molecular weight excluding hydrogens is 376 g/mol. The van der Waals surface area contributed by atoms with Crippen molar-refractivity contribution in [3.63, 3.8) is 0 Å². The van der Waals surface area contributed by atoms with E-state index in [2.05, 4.69) is 12.2 Å². The number of methoxy groups -OCH3 is 2. The summed E-state index contributed by atoms with van der Waals surface area (Å²) in [6, 6.07) is 5.38. The topological polar surface area (TPSA) is 90.6 Å². The Bertz CT molecular complexity index is 933. The van der Waals surface area contributed by atoms with E-state index in [0.717, 1.165) is 35.3 Å². The smallest absolute Gasteiger partial charge is 0.251 e. The molecule has 28 heavy (non-hydrogen) atoms. The van der Waals surface area contributed by atoms with Gasteiger partial charge in [0.2, 0.25) is 5.91 Å². The maximum Gasteiger partial charge on any atom is 0.251 e. The first-order valence-electron chi connectivity index (χ1n) is 9.08. The first-order chi connectivity index (χ1) is 13.4. The normalized spacial score (nSPS) is 15.9. The lowest BCUT2D eigenvalue weighted by molar-refractivity contribution is -0.111. The molecule has 1 aromatic heterocycles. The summed E-state index contributed by atoms with van der Waals surface area (Å²) in [5.41, 5.74) is 7.84. The van der Waals surface area contributed by atoms with E-state index in [1.165, 1.54) is 17.4 Å². The predicted molar refractivity (Wildman–Crippen MR) is 111 cm³/mol. The van der Waals surface area contributed by atoms with Crippen LogP contribution in [0.1, 0.15) is 39.7 Å². The molecule has 0 saturated carbocycles. The third-order valence-electron chi connectivity index (χ3n) is 4.83. The van der Waals surface area contributed by atoms with Crippen LogP contribution in [0.15, 0.2) is 24.3 Å². The molecule has 6 nitrogen and oxygen atoms in total. The molecule has 0 radical (unpaired) electrons. The van der Waals surface area contributed by atoms with Crippen LogP contribution in [-0.2, 0) is 17.6 Å². The summed E-state index contributed by atoms with van der Waals surface area (Å²) >= 11 is 1.45. The zero-order valence-electron chi connectivity index (χ0n) is 16.2. The summed E-state index contributed by atoms with van der Waals surface area (Å²) in [5, 5.41) is 3.36. The monoisotopic (exact) mass is 400 g/mol. The van der Waals surface area contributed by atoms with Crippen LogP contribution < -0.4 is 20.5 Å². The molecule has 1 atom stereocenters. The largest absolute Gasteiger partial charge is 0.493 e. The molecule has 3 N–H and O–H groups in total. The number of ether oxygens (including phenoxy) is 2. The van der Waals surface area contributed by atoms with Gasteiger partial charge >= 0.3 is 0 Å². The first-order valence-corrected chi connectivity index (χ1v) is 9.90. The Kier molecular flexibility index (Phi) is 6.04. The molecule has 0 bridgehead atoms. The maximum absolute atomic E-state index is 12.4. The molecule has 1 aliphatic carbocycles. The number of amides is 2. The molecular formula is C21H24N2O4S. The van der Waals surface area contributed by atoms with Gasteiger partial charge in [0.05, 0.1) is 19.8 Å². The van der Waals surface area contributed by atoms with Crippen LogP contribution in [0.4, 0.5) is 5.00 Å². The average molecular weight is 401 g/mol. The minimum Gasteiger partial charge on any atom is -0.493 e. The van der Waals surface area contributed by atoms with Crippen molar-refractivity contribution in [1.82, 2.24) is 0 Å². The summed E-state index contributed by atoms with van der Waals surface area (Å²) in [5.74, 6) is 0.963. The highest BCUT2D eigenvalue weighted by molar-refractivity contribution is 7.17. The van der Waals surface area contributed by atoms with Gasteiger partial charge in [-0.25, -0.2) is 0 Å². The molecule has 3 rings (SSSR count). The number of carbonyl (C=O) groups is 2. The van der Waals surface area contributed by atoms with Gasteiger partial charge in [0.1, 0.15) is 5.00 Å². The molecule has 7 heteroatoms. The quantitative estimate of drug-likeness (QED) is 0.724. The molecule has 1 heterocycles. The molecule has 2 aromatic rings. The molecule has 1 aromatic carbocycles. The van der Waals surface area contributed by atoms with Crippen LogP contribution in [0.2, 0.25) is 0 Å². The number of benzene rings is 1. The van der Waals surface area contributed by atoms with Gasteiger partial charge in [-0.3, -0.25) is 9.59 Å². The van der Waals surface area contributed by atoms with Crippen molar-refractivity contribution >= 4 is 34.2 Å². The Morgan fingerprint density at radius 1 is 1.25 bits per heavy atom. The standard InChI is InChI=1S/C21H24N2O4S/c1-12-4-7-14-17(10-12)28-21(19(14)20(22)25)23-18(24)9-6-13-5-8-15(26-2)16(11-13)27-3/h5-6,8-9,11-12H,4,7,10H2,1-3H3,(H2,22,25)(H,23,24). The minimum absolute atomic E-state index is 0.316. The number of anilines is 1. The first kappa shape index (κ1) is 19.9. The number of nitrogens with one attached hydrogen (secondary N) is 1. The summed E-state index contributed by atoms with van der Waals surface area (Å²) in [4.78, 5) is 25.5. The molecule has 2 amide bonds. The van der Waals surface area contributed by atoms with Crippen molar-refractivity contribution < 1.29 is 19.1 Å². The van der Waals surface area contributed by atoms with E-state index in [1.54, 1.807) is 32.4 Å². The number of primary amides is 1. The number of rotatable bonds is 6. The summed E-state index contributed by atoms with van der Waals surface area (Å²) in [6.07, 6.45) is 5.86. The van der Waals surface area contributed by atoms with Crippen molar-refractivity contribution in [2.75, 3.05) is 19.5 Å². The van der Waals surface area contributed by atoms with Crippen molar-refractivity contribution in [3.05, 3.63) is 45.8 Å². The lowest BCUT2D eigenvalue weighted by atomic mass is 9.88. The van der Waals surface area contributed by atoms with Gasteiger partial charge in [-0.2, -0.15) is 0 Å². The lowest BCUT2D eigenvalue weighted by Gasteiger charge is -2.18. The molecule has 0 spiro atoms. The zero-order valence-corrected chi connectivity index (χ0v) is 17.0. The highest BCUT2D eigenvalue weighted by Gasteiger charge is 2.26. The second-order valence-electron chi connectivity index (χ2n) is 6.86. The Morgan fingerprint density at radius 2 is 2.00 bits per heavy atom. The molecule has 0 saturated heterocycles. The lowest BCUT2D eigenvalue weighted by Crippen LogP contribution is -2.18.